The van der Waals surface area contributed by atoms with Gasteiger partial charge < -0.3 is 30.1 Å². The van der Waals surface area contributed by atoms with Gasteiger partial charge in [0, 0.05) is 37.9 Å². The first-order chi connectivity index (χ1) is 15.5. The Hall–Kier alpha value is -2.27. The number of aliphatic hydroxyl groups excluding tert-OH is 1. The molecule has 1 saturated heterocycles. The molecule has 33 heavy (non-hydrogen) atoms. The highest BCUT2D eigenvalue weighted by molar-refractivity contribution is 14.0. The van der Waals surface area contributed by atoms with Gasteiger partial charge in [-0.3, -0.25) is 4.99 Å². The molecule has 0 bridgehead atoms. The van der Waals surface area contributed by atoms with Gasteiger partial charge in [-0.05, 0) is 56.0 Å². The van der Waals surface area contributed by atoms with Crippen molar-refractivity contribution in [1.29, 1.82) is 0 Å². The molecule has 3 N–H and O–H groups in total. The Balaban J connectivity index is 0.00000385. The summed E-state index contributed by atoms with van der Waals surface area (Å²) in [5, 5.41) is 17.5. The van der Waals surface area contributed by atoms with Crippen LogP contribution in [-0.2, 0) is 0 Å². The Morgan fingerprint density at radius 1 is 1.18 bits per heavy atom. The summed E-state index contributed by atoms with van der Waals surface area (Å²) < 4.78 is 10.6. The number of aliphatic hydroxyl groups is 1. The van der Waals surface area contributed by atoms with Crippen LogP contribution < -0.4 is 25.0 Å². The smallest absolute Gasteiger partial charge is 0.191 e. The maximum atomic E-state index is 10.7. The molecule has 1 unspecified atom stereocenters. The van der Waals surface area contributed by atoms with E-state index in [0.717, 1.165) is 38.3 Å². The lowest BCUT2D eigenvalue weighted by Crippen LogP contribution is -2.49. The third-order valence-corrected chi connectivity index (χ3v) is 5.58. The van der Waals surface area contributed by atoms with E-state index >= 15 is 0 Å². The van der Waals surface area contributed by atoms with Crippen molar-refractivity contribution in [3.63, 3.8) is 0 Å². The third-order valence-electron chi connectivity index (χ3n) is 5.58. The normalized spacial score (nSPS) is 15.4. The molecular weight excluding hydrogens is 533 g/mol. The average molecular weight is 569 g/mol. The number of anilines is 1. The largest absolute Gasteiger partial charge is 0.497 e. The first-order valence-corrected chi connectivity index (χ1v) is 11.2. The molecule has 1 aromatic heterocycles. The van der Waals surface area contributed by atoms with Gasteiger partial charge in [-0.25, -0.2) is 4.98 Å². The van der Waals surface area contributed by atoms with Crippen LogP contribution in [0.15, 0.2) is 41.5 Å². The zero-order valence-electron chi connectivity index (χ0n) is 19.9. The molecule has 0 aliphatic carbocycles. The zero-order chi connectivity index (χ0) is 22.9. The first kappa shape index (κ1) is 27.0. The number of benzene rings is 1. The SMILES string of the molecule is CCNC(=NCC(O)c1cc(OC)cc(OC)c1)NC1CCN(c2ccc(C)cn2)CC1.I. The Labute approximate surface area is 213 Å². The number of hydrogen-bond acceptors (Lipinski definition) is 6. The molecular formula is C24H36IN5O3. The number of rotatable bonds is 8. The lowest BCUT2D eigenvalue weighted by Gasteiger charge is -2.34. The maximum Gasteiger partial charge on any atom is 0.191 e. The van der Waals surface area contributed by atoms with Crippen LogP contribution in [-0.4, -0.2) is 62.5 Å². The van der Waals surface area contributed by atoms with Crippen molar-refractivity contribution in [2.75, 3.05) is 45.3 Å². The van der Waals surface area contributed by atoms with Crippen LogP contribution in [0.3, 0.4) is 0 Å². The number of methoxy groups -OCH3 is 2. The summed E-state index contributed by atoms with van der Waals surface area (Å²) in [5.41, 5.74) is 1.88. The molecule has 9 heteroatoms. The Morgan fingerprint density at radius 3 is 2.39 bits per heavy atom. The minimum absolute atomic E-state index is 0. The van der Waals surface area contributed by atoms with Crippen molar-refractivity contribution < 1.29 is 14.6 Å². The summed E-state index contributed by atoms with van der Waals surface area (Å²) in [6.07, 6.45) is 3.15. The molecule has 1 aromatic carbocycles. The molecule has 0 amide bonds. The number of pyridine rings is 1. The van der Waals surface area contributed by atoms with E-state index < -0.39 is 6.10 Å². The summed E-state index contributed by atoms with van der Waals surface area (Å²) in [7, 11) is 3.19. The summed E-state index contributed by atoms with van der Waals surface area (Å²) in [6.45, 7) is 6.96. The number of ether oxygens (including phenoxy) is 2. The van der Waals surface area contributed by atoms with Crippen molar-refractivity contribution in [3.05, 3.63) is 47.7 Å². The van der Waals surface area contributed by atoms with Gasteiger partial charge in [-0.15, -0.1) is 24.0 Å². The predicted molar refractivity (Wildman–Crippen MR) is 143 cm³/mol. The van der Waals surface area contributed by atoms with Crippen LogP contribution in [0.5, 0.6) is 11.5 Å². The number of aromatic nitrogens is 1. The summed E-state index contributed by atoms with van der Waals surface area (Å²) in [5.74, 6) is 3.03. The van der Waals surface area contributed by atoms with Crippen LogP contribution >= 0.6 is 24.0 Å². The van der Waals surface area contributed by atoms with E-state index in [9.17, 15) is 5.11 Å². The molecule has 8 nitrogen and oxygen atoms in total. The fourth-order valence-electron chi connectivity index (χ4n) is 3.72. The van der Waals surface area contributed by atoms with Crippen LogP contribution in [0.25, 0.3) is 0 Å². The van der Waals surface area contributed by atoms with Gasteiger partial charge in [0.25, 0.3) is 0 Å². The minimum atomic E-state index is -0.760. The Morgan fingerprint density at radius 2 is 1.85 bits per heavy atom. The quantitative estimate of drug-likeness (QED) is 0.256. The molecule has 1 fully saturated rings. The summed E-state index contributed by atoms with van der Waals surface area (Å²) in [4.78, 5) is 11.5. The number of aryl methyl sites for hydroxylation is 1. The van der Waals surface area contributed by atoms with E-state index in [2.05, 4.69) is 44.6 Å². The number of guanidine groups is 1. The van der Waals surface area contributed by atoms with E-state index in [1.54, 1.807) is 32.4 Å². The first-order valence-electron chi connectivity index (χ1n) is 11.2. The number of aliphatic imine (C=N–C) groups is 1. The van der Waals surface area contributed by atoms with Crippen molar-refractivity contribution in [1.82, 2.24) is 15.6 Å². The molecule has 182 valence electrons. The minimum Gasteiger partial charge on any atom is -0.497 e. The molecule has 1 aliphatic rings. The highest BCUT2D eigenvalue weighted by Crippen LogP contribution is 2.26. The molecule has 2 aromatic rings. The highest BCUT2D eigenvalue weighted by atomic mass is 127. The lowest BCUT2D eigenvalue weighted by atomic mass is 10.1. The van der Waals surface area contributed by atoms with Crippen LogP contribution in [0.2, 0.25) is 0 Å². The molecule has 0 saturated carbocycles. The van der Waals surface area contributed by atoms with E-state index in [1.807, 2.05) is 13.1 Å². The molecule has 1 atom stereocenters. The van der Waals surface area contributed by atoms with Crippen LogP contribution in [0, 0.1) is 6.92 Å². The molecule has 0 radical (unpaired) electrons. The van der Waals surface area contributed by atoms with Gasteiger partial charge in [0.2, 0.25) is 0 Å². The van der Waals surface area contributed by atoms with E-state index in [0.29, 0.717) is 29.1 Å². The van der Waals surface area contributed by atoms with E-state index in [1.165, 1.54) is 5.56 Å². The van der Waals surface area contributed by atoms with Gasteiger partial charge in [-0.2, -0.15) is 0 Å². The van der Waals surface area contributed by atoms with Gasteiger partial charge in [0.1, 0.15) is 17.3 Å². The second-order valence-corrected chi connectivity index (χ2v) is 7.98. The fourth-order valence-corrected chi connectivity index (χ4v) is 3.72. The fraction of sp³-hybridized carbons (Fsp3) is 0.500. The zero-order valence-corrected chi connectivity index (χ0v) is 22.2. The standard InChI is InChI=1S/C24H35N5O3.HI/c1-5-25-24(27-16-22(30)18-12-20(31-3)14-21(13-18)32-4)28-19-8-10-29(11-9-19)23-7-6-17(2)15-26-23;/h6-7,12-15,19,22,30H,5,8-11,16H2,1-4H3,(H2,25,27,28);1H. The lowest BCUT2D eigenvalue weighted by molar-refractivity contribution is 0.186. The van der Waals surface area contributed by atoms with Gasteiger partial charge in [0.05, 0.1) is 26.9 Å². The van der Waals surface area contributed by atoms with E-state index in [4.69, 9.17) is 9.47 Å². The number of piperidine rings is 1. The van der Waals surface area contributed by atoms with Crippen molar-refractivity contribution in [2.24, 2.45) is 4.99 Å². The number of hydrogen-bond donors (Lipinski definition) is 3. The highest BCUT2D eigenvalue weighted by Gasteiger charge is 2.21. The van der Waals surface area contributed by atoms with Crippen molar-refractivity contribution in [2.45, 2.75) is 38.8 Å². The summed E-state index contributed by atoms with van der Waals surface area (Å²) >= 11 is 0. The monoisotopic (exact) mass is 569 g/mol. The summed E-state index contributed by atoms with van der Waals surface area (Å²) in [6, 6.07) is 9.90. The van der Waals surface area contributed by atoms with Crippen molar-refractivity contribution >= 4 is 35.8 Å². The van der Waals surface area contributed by atoms with Crippen LogP contribution in [0.4, 0.5) is 5.82 Å². The topological polar surface area (TPSA) is 91.2 Å². The maximum absolute atomic E-state index is 10.7. The third kappa shape index (κ3) is 7.92. The second-order valence-electron chi connectivity index (χ2n) is 7.98. The average Bonchev–Trinajstić information content (AvgIpc) is 2.83. The Bertz CT molecular complexity index is 864. The van der Waals surface area contributed by atoms with Gasteiger partial charge in [-0.1, -0.05) is 6.07 Å². The van der Waals surface area contributed by atoms with E-state index in [-0.39, 0.29) is 30.5 Å². The molecule has 0 spiro atoms. The predicted octanol–water partition coefficient (Wildman–Crippen LogP) is 3.28. The Kier molecular flexibility index (Phi) is 11.0. The number of nitrogens with one attached hydrogen (secondary N) is 2. The van der Waals surface area contributed by atoms with Gasteiger partial charge >= 0.3 is 0 Å². The molecule has 2 heterocycles. The van der Waals surface area contributed by atoms with Crippen molar-refractivity contribution in [3.8, 4) is 11.5 Å². The molecule has 1 aliphatic heterocycles. The van der Waals surface area contributed by atoms with Crippen LogP contribution in [0.1, 0.15) is 37.0 Å². The second kappa shape index (κ2) is 13.4. The molecule has 3 rings (SSSR count). The number of nitrogens with zero attached hydrogens (tertiary/aromatic N) is 3. The van der Waals surface area contributed by atoms with Gasteiger partial charge in [0.15, 0.2) is 5.96 Å². The number of halogens is 1.